The smallest absolute Gasteiger partial charge is 0.352 e. The van der Waals surface area contributed by atoms with E-state index in [1.807, 2.05) is 0 Å². The number of rotatable bonds is 7. The molecule has 2 amide bonds. The van der Waals surface area contributed by atoms with E-state index in [0.717, 1.165) is 4.90 Å². The van der Waals surface area contributed by atoms with Crippen LogP contribution in [0.25, 0.3) is 0 Å². The third-order valence-corrected chi connectivity index (χ3v) is 6.38. The number of carboxylic acids is 1. The summed E-state index contributed by atoms with van der Waals surface area (Å²) in [5.74, 6) is -2.87. The molecule has 0 radical (unpaired) electrons. The van der Waals surface area contributed by atoms with E-state index in [1.54, 1.807) is 11.4 Å². The number of fused-ring (bicyclic) bond motifs is 1. The highest BCUT2D eigenvalue weighted by Gasteiger charge is 2.54. The molecular formula is C17H18N4O7S2. The number of hydrogen-bond donors (Lipinski definition) is 3. The summed E-state index contributed by atoms with van der Waals surface area (Å²) in [6.07, 6.45) is 0. The molecule has 1 fully saturated rings. The number of oxime groups is 1. The summed E-state index contributed by atoms with van der Waals surface area (Å²) in [7, 11) is 1.28. The number of anilines is 1. The number of carbonyl (C=O) groups excluding carboxylic acids is 3. The standard InChI is InChI=1S/C17H18N4O7S2/c1-7(22)28-4-9-6-30-16-12(15(24)21(16)13(9)17(25)26)19-14(23)11(20-27-2)8-3-10(18)29-5-8/h3,5,12,16H,4,6,18H2,1-2H3,(H,19,23)(H,25,26)/b20-11-/t12-,16+/m1/s1. The van der Waals surface area contributed by atoms with Crippen LogP contribution in [0.1, 0.15) is 12.5 Å². The summed E-state index contributed by atoms with van der Waals surface area (Å²) in [6.45, 7) is 0.988. The monoisotopic (exact) mass is 454 g/mol. The van der Waals surface area contributed by atoms with Crippen molar-refractivity contribution in [1.29, 1.82) is 0 Å². The molecule has 2 atom stereocenters. The van der Waals surface area contributed by atoms with Crippen molar-refractivity contribution in [2.24, 2.45) is 5.16 Å². The van der Waals surface area contributed by atoms with Crippen molar-refractivity contribution in [2.75, 3.05) is 25.2 Å². The van der Waals surface area contributed by atoms with Crippen molar-refractivity contribution < 1.29 is 33.9 Å². The molecule has 160 valence electrons. The van der Waals surface area contributed by atoms with Crippen molar-refractivity contribution in [3.8, 4) is 0 Å². The molecule has 0 spiro atoms. The van der Waals surface area contributed by atoms with E-state index in [-0.39, 0.29) is 23.8 Å². The SMILES string of the molecule is CO/N=C(\C(=O)N[C@@H]1C(=O)N2C(C(=O)O)=C(COC(C)=O)CS[C@@H]12)c1csc(N)c1. The average molecular weight is 454 g/mol. The van der Waals surface area contributed by atoms with Gasteiger partial charge in [0.1, 0.15) is 30.8 Å². The summed E-state index contributed by atoms with van der Waals surface area (Å²) in [5, 5.41) is 17.4. The van der Waals surface area contributed by atoms with Crippen LogP contribution in [-0.2, 0) is 28.8 Å². The van der Waals surface area contributed by atoms with Gasteiger partial charge in [0.05, 0.1) is 5.00 Å². The fourth-order valence-corrected chi connectivity index (χ4v) is 4.95. The zero-order valence-electron chi connectivity index (χ0n) is 15.9. The molecule has 0 unspecified atom stereocenters. The number of nitrogens with zero attached hydrogens (tertiary/aromatic N) is 2. The first-order valence-corrected chi connectivity index (χ1v) is 10.5. The molecule has 3 rings (SSSR count). The largest absolute Gasteiger partial charge is 0.477 e. The minimum Gasteiger partial charge on any atom is -0.477 e. The first kappa shape index (κ1) is 21.6. The van der Waals surface area contributed by atoms with Crippen LogP contribution in [0.4, 0.5) is 5.00 Å². The normalized spacial score (nSPS) is 20.9. The minimum atomic E-state index is -1.31. The molecule has 13 heteroatoms. The Hall–Kier alpha value is -3.06. The summed E-state index contributed by atoms with van der Waals surface area (Å²) in [5.41, 5.74) is 6.16. The second kappa shape index (κ2) is 8.75. The lowest BCUT2D eigenvalue weighted by atomic mass is 10.0. The van der Waals surface area contributed by atoms with Crippen LogP contribution in [0, 0.1) is 0 Å². The van der Waals surface area contributed by atoms with Crippen molar-refractivity contribution in [1.82, 2.24) is 10.2 Å². The number of thiophene rings is 1. The van der Waals surface area contributed by atoms with E-state index < -0.39 is 35.2 Å². The van der Waals surface area contributed by atoms with Crippen LogP contribution in [0.15, 0.2) is 27.9 Å². The van der Waals surface area contributed by atoms with Crippen LogP contribution >= 0.6 is 23.1 Å². The quantitative estimate of drug-likeness (QED) is 0.223. The molecule has 30 heavy (non-hydrogen) atoms. The highest BCUT2D eigenvalue weighted by atomic mass is 32.2. The van der Waals surface area contributed by atoms with Crippen LogP contribution in [0.5, 0.6) is 0 Å². The fourth-order valence-electron chi connectivity index (χ4n) is 2.99. The number of carboxylic acid groups (broad SMARTS) is 1. The van der Waals surface area contributed by atoms with Gasteiger partial charge in [0.15, 0.2) is 5.71 Å². The Morgan fingerprint density at radius 2 is 2.17 bits per heavy atom. The molecule has 2 aliphatic rings. The summed E-state index contributed by atoms with van der Waals surface area (Å²) in [4.78, 5) is 53.9. The number of β-lactam (4-membered cyclic amide) rings is 1. The number of carbonyl (C=O) groups is 4. The molecule has 1 aromatic rings. The maximum Gasteiger partial charge on any atom is 0.352 e. The number of amides is 2. The van der Waals surface area contributed by atoms with Gasteiger partial charge in [-0.2, -0.15) is 0 Å². The topological polar surface area (TPSA) is 161 Å². The number of thioether (sulfide) groups is 1. The lowest BCUT2D eigenvalue weighted by molar-refractivity contribution is -0.150. The Kier molecular flexibility index (Phi) is 6.31. The Bertz CT molecular complexity index is 971. The zero-order chi connectivity index (χ0) is 22.0. The summed E-state index contributed by atoms with van der Waals surface area (Å²) < 4.78 is 4.89. The second-order valence-electron chi connectivity index (χ2n) is 6.26. The molecule has 0 bridgehead atoms. The number of nitrogen functional groups attached to an aromatic ring is 1. The van der Waals surface area contributed by atoms with Gasteiger partial charge in [-0.05, 0) is 6.07 Å². The predicted molar refractivity (Wildman–Crippen MR) is 109 cm³/mol. The van der Waals surface area contributed by atoms with Gasteiger partial charge < -0.3 is 25.7 Å². The lowest BCUT2D eigenvalue weighted by Crippen LogP contribution is -2.71. The third kappa shape index (κ3) is 4.11. The molecule has 0 aliphatic carbocycles. The second-order valence-corrected chi connectivity index (χ2v) is 8.31. The van der Waals surface area contributed by atoms with E-state index >= 15 is 0 Å². The zero-order valence-corrected chi connectivity index (χ0v) is 17.5. The Morgan fingerprint density at radius 1 is 1.43 bits per heavy atom. The molecule has 4 N–H and O–H groups in total. The first-order valence-electron chi connectivity index (χ1n) is 8.54. The maximum atomic E-state index is 12.7. The van der Waals surface area contributed by atoms with Crippen molar-refractivity contribution >= 4 is 57.6 Å². The number of nitrogens with one attached hydrogen (secondary N) is 1. The fraction of sp³-hybridized carbons (Fsp3) is 0.353. The Balaban J connectivity index is 1.77. The molecule has 1 saturated heterocycles. The van der Waals surface area contributed by atoms with Crippen LogP contribution in [0.3, 0.4) is 0 Å². The van der Waals surface area contributed by atoms with Crippen LogP contribution < -0.4 is 11.1 Å². The number of hydrogen-bond acceptors (Lipinski definition) is 10. The number of esters is 1. The van der Waals surface area contributed by atoms with Gasteiger partial charge in [0, 0.05) is 29.2 Å². The summed E-state index contributed by atoms with van der Waals surface area (Å²) in [6, 6.07) is 0.615. The van der Waals surface area contributed by atoms with Gasteiger partial charge in [0.2, 0.25) is 0 Å². The number of nitrogens with two attached hydrogens (primary N) is 1. The molecule has 1 aromatic heterocycles. The maximum absolute atomic E-state index is 12.7. The molecule has 0 aromatic carbocycles. The highest BCUT2D eigenvalue weighted by Crippen LogP contribution is 2.40. The van der Waals surface area contributed by atoms with E-state index in [4.69, 9.17) is 15.3 Å². The van der Waals surface area contributed by atoms with E-state index in [2.05, 4.69) is 10.5 Å². The van der Waals surface area contributed by atoms with Crippen molar-refractivity contribution in [2.45, 2.75) is 18.3 Å². The van der Waals surface area contributed by atoms with E-state index in [0.29, 0.717) is 16.1 Å². The van der Waals surface area contributed by atoms with Crippen molar-refractivity contribution in [3.63, 3.8) is 0 Å². The van der Waals surface area contributed by atoms with Gasteiger partial charge in [0.25, 0.3) is 11.8 Å². The summed E-state index contributed by atoms with van der Waals surface area (Å²) >= 11 is 2.48. The first-order chi connectivity index (χ1) is 14.2. The van der Waals surface area contributed by atoms with E-state index in [9.17, 15) is 24.3 Å². The van der Waals surface area contributed by atoms with Crippen LogP contribution in [-0.4, -0.2) is 70.4 Å². The van der Waals surface area contributed by atoms with Gasteiger partial charge in [-0.1, -0.05) is 5.16 Å². The molecule has 2 aliphatic heterocycles. The van der Waals surface area contributed by atoms with Gasteiger partial charge in [-0.25, -0.2) is 4.79 Å². The Morgan fingerprint density at radius 3 is 2.73 bits per heavy atom. The van der Waals surface area contributed by atoms with Gasteiger partial charge in [-0.3, -0.25) is 19.3 Å². The molecule has 0 saturated carbocycles. The lowest BCUT2D eigenvalue weighted by Gasteiger charge is -2.49. The molecule has 11 nitrogen and oxygen atoms in total. The predicted octanol–water partition coefficient (Wildman–Crippen LogP) is -0.0175. The minimum absolute atomic E-state index is 0.0537. The third-order valence-electron chi connectivity index (χ3n) is 4.28. The Labute approximate surface area is 178 Å². The van der Waals surface area contributed by atoms with Crippen LogP contribution in [0.2, 0.25) is 0 Å². The number of ether oxygens (including phenoxy) is 1. The van der Waals surface area contributed by atoms with Crippen molar-refractivity contribution in [3.05, 3.63) is 28.3 Å². The number of aliphatic carboxylic acids is 1. The average Bonchev–Trinajstić information content (AvgIpc) is 3.13. The molecular weight excluding hydrogens is 436 g/mol. The van der Waals surface area contributed by atoms with Gasteiger partial charge in [-0.15, -0.1) is 23.1 Å². The molecule has 3 heterocycles. The highest BCUT2D eigenvalue weighted by molar-refractivity contribution is 8.00. The van der Waals surface area contributed by atoms with E-state index in [1.165, 1.54) is 37.1 Å². The van der Waals surface area contributed by atoms with Gasteiger partial charge >= 0.3 is 11.9 Å².